The second kappa shape index (κ2) is 38.9. The third kappa shape index (κ3) is 24.2. The van der Waals surface area contributed by atoms with Crippen molar-refractivity contribution in [1.82, 2.24) is 29.9 Å². The molecule has 0 unspecified atom stereocenters. The van der Waals surface area contributed by atoms with Gasteiger partial charge in [-0.3, -0.25) is 28.8 Å². The first kappa shape index (κ1) is 110. The topological polar surface area (TPSA) is 242 Å². The van der Waals surface area contributed by atoms with Crippen LogP contribution in [0.5, 0.6) is 11.5 Å². The Morgan fingerprint density at radius 1 is 0.307 bits per heavy atom. The van der Waals surface area contributed by atoms with Gasteiger partial charge in [0.2, 0.25) is 0 Å². The lowest BCUT2D eigenvalue weighted by atomic mass is 9.97. The van der Waals surface area contributed by atoms with E-state index in [1.54, 1.807) is 70.9 Å². The van der Waals surface area contributed by atoms with Gasteiger partial charge in [0.25, 0.3) is 34.7 Å². The van der Waals surface area contributed by atoms with E-state index < -0.39 is 220 Å². The van der Waals surface area contributed by atoms with Crippen LogP contribution in [0, 0.1) is 45.1 Å². The van der Waals surface area contributed by atoms with Gasteiger partial charge < -0.3 is 44.1 Å². The Hall–Kier alpha value is -12.4. The van der Waals surface area contributed by atoms with Crippen LogP contribution >= 0.6 is 38.5 Å². The van der Waals surface area contributed by atoms with Gasteiger partial charge in [0.15, 0.2) is 0 Å². The van der Waals surface area contributed by atoms with Crippen LogP contribution in [-0.4, -0.2) is 128 Å². The first-order chi connectivity index (χ1) is 62.2. The molecule has 0 aliphatic carbocycles. The van der Waals surface area contributed by atoms with E-state index in [2.05, 4.69) is 20.7 Å². The second-order valence-corrected chi connectivity index (χ2v) is 30.9. The molecule has 0 bridgehead atoms. The summed E-state index contributed by atoms with van der Waals surface area (Å²) < 4.78 is 478. The number of esters is 1. The van der Waals surface area contributed by atoms with Crippen LogP contribution in [0.4, 0.5) is 158 Å². The second-order valence-electron chi connectivity index (χ2n) is 28.9. The standard InChI is InChI=1S/C18H11F6NO.C14H9F6NO3.C14H11F6NO2.C13H9F6NO2.C12H6BrF6NO.C12H6F6INO/c1-9-7-11(10-5-3-2-4-6-10)14-12(8-9)13(16(26)18(22,23)24)15(25-14)17(19,20)21;1-5-3-6-8(11(22)14(18,19)20)10(13(15,16)17)21-9(6)7(4-5)12(23)24-2;1-3-23-8-5-6(2)4-7-9(12(22)14(18,19)20)11(13(15,16)17)21-10(7)8;1-5-3-6-8(11(21)13(17,18)19)10(12(14,15)16)20-9(6)7(4-5)22-2;1-4-2-5-7(10(21)12(17,18)19)9(11(14,15)16)20-8(5)6(13)3-4;1-4-2-5-7(10(21)12(16,17)18)9(11(13,14)15)20-8(5)6(19)3-4/h2-8,25H,1H3;3-4,21H,1-2H3;4-5,21H,3H2,1-2H3;3-4,20H,1-2H3;2*2-3,20H,1H3. The number of ketones is 6. The third-order valence-corrected chi connectivity index (χ3v) is 20.2. The predicted molar refractivity (Wildman–Crippen MR) is 425 cm³/mol. The maximum atomic E-state index is 13.3. The molecule has 0 atom stereocenters. The Labute approximate surface area is 760 Å². The lowest BCUT2D eigenvalue weighted by molar-refractivity contribution is -0.142. The molecule has 13 aromatic rings. The van der Waals surface area contributed by atoms with Gasteiger partial charge in [-0.25, -0.2) is 4.79 Å². The van der Waals surface area contributed by atoms with E-state index in [9.17, 15) is 192 Å². The highest BCUT2D eigenvalue weighted by atomic mass is 127. The van der Waals surface area contributed by atoms with Gasteiger partial charge in [0.1, 0.15) is 45.7 Å². The summed E-state index contributed by atoms with van der Waals surface area (Å²) in [5.41, 5.74) is -18.1. The number of hydrogen-bond donors (Lipinski definition) is 6. The molecule has 0 spiro atoms. The number of nitrogens with one attached hydrogen (secondary N) is 6. The molecule has 0 fully saturated rings. The highest BCUT2D eigenvalue weighted by Gasteiger charge is 2.55. The molecule has 0 aliphatic heterocycles. The zero-order valence-corrected chi connectivity index (χ0v) is 72.7. The van der Waals surface area contributed by atoms with E-state index in [0.29, 0.717) is 37.0 Å². The van der Waals surface area contributed by atoms with Crippen LogP contribution in [0.3, 0.4) is 0 Å². The number of carbonyl (C=O) groups excluding carboxylic acids is 7. The summed E-state index contributed by atoms with van der Waals surface area (Å²) in [6, 6.07) is 23.1. The number of hydrogen-bond acceptors (Lipinski definition) is 10. The highest BCUT2D eigenvalue weighted by molar-refractivity contribution is 14.1. The summed E-state index contributed by atoms with van der Waals surface area (Å²) in [5.74, 6) is -16.5. The molecule has 6 aromatic heterocycles. The zero-order valence-electron chi connectivity index (χ0n) is 69.0. The monoisotopic (exact) mass is 2180 g/mol. The normalized spacial score (nSPS) is 12.7. The average Bonchev–Trinajstić information content (AvgIpc) is 1.62. The Kier molecular flexibility index (Phi) is 31.2. The summed E-state index contributed by atoms with van der Waals surface area (Å²) in [7, 11) is 2.12. The first-order valence-electron chi connectivity index (χ1n) is 36.9. The van der Waals surface area contributed by atoms with Crippen LogP contribution in [0.25, 0.3) is 76.5 Å². The van der Waals surface area contributed by atoms with Crippen molar-refractivity contribution in [2.45, 2.75) is 123 Å². The van der Waals surface area contributed by atoms with Crippen molar-refractivity contribution in [1.29, 1.82) is 0 Å². The van der Waals surface area contributed by atoms with Crippen LogP contribution in [0.1, 0.15) is 147 Å². The number of aryl methyl sites for hydroxylation is 6. The fraction of sp³-hybridized carbons (Fsp3) is 0.265. The fourth-order valence-corrected chi connectivity index (χ4v) is 15.1. The molecule has 0 saturated carbocycles. The van der Waals surface area contributed by atoms with E-state index in [1.807, 2.05) is 24.9 Å². The maximum absolute atomic E-state index is 13.3. The number of methoxy groups -OCH3 is 2. The molecule has 0 amide bonds. The maximum Gasteiger partial charge on any atom is 0.454 e. The van der Waals surface area contributed by atoms with Crippen LogP contribution in [0.15, 0.2) is 108 Å². The lowest BCUT2D eigenvalue weighted by Crippen LogP contribution is -2.25. The highest BCUT2D eigenvalue weighted by Crippen LogP contribution is 2.49. The van der Waals surface area contributed by atoms with Gasteiger partial charge in [-0.2, -0.15) is 158 Å². The Morgan fingerprint density at radius 3 is 0.869 bits per heavy atom. The molecule has 6 heterocycles. The minimum absolute atomic E-state index is 0.0470. The Balaban J connectivity index is 0.000000202. The summed E-state index contributed by atoms with van der Waals surface area (Å²) >= 11 is 4.67. The molecule has 16 nitrogen and oxygen atoms in total. The molecule has 0 radical (unpaired) electrons. The van der Waals surface area contributed by atoms with Gasteiger partial charge in [0.05, 0.1) is 92.9 Å². The SMILES string of the molecule is CCOc1cc(C)cc2c(C(=O)C(F)(F)F)c(C(F)(F)F)[nH]c12.COC(=O)c1cc(C)cc2c(C(=O)C(F)(F)F)c(C(F)(F)F)[nH]c12.COc1cc(C)cc2c(C(=O)C(F)(F)F)c(C(F)(F)F)[nH]c12.Cc1cc(-c2ccccc2)c2[nH]c(C(F)(F)F)c(C(=O)C(F)(F)F)c2c1.Cc1cc(Br)c2[nH]c(C(F)(F)F)c(C(=O)C(F)(F)F)c2c1.Cc1cc(I)c2[nH]c(C(F)(F)F)c(C(=O)C(F)(F)F)c2c1. The quantitative estimate of drug-likeness (QED) is 0.0310. The van der Waals surface area contributed by atoms with Crippen molar-refractivity contribution in [3.8, 4) is 22.6 Å². The number of fused-ring (bicyclic) bond motifs is 6. The van der Waals surface area contributed by atoms with Gasteiger partial charge in [-0.05, 0) is 199 Å². The van der Waals surface area contributed by atoms with Crippen LogP contribution in [-0.2, 0) is 41.8 Å². The molecular formula is C83H52BrF36IN6O10. The lowest BCUT2D eigenvalue weighted by Gasteiger charge is -2.09. The number of carbonyl (C=O) groups is 7. The summed E-state index contributed by atoms with van der Waals surface area (Å²) in [6.45, 7) is 10.5. The van der Waals surface area contributed by atoms with Crippen molar-refractivity contribution in [3.05, 3.63) is 218 Å². The van der Waals surface area contributed by atoms with E-state index >= 15 is 0 Å². The molecule has 740 valence electrons. The first-order valence-corrected chi connectivity index (χ1v) is 38.7. The van der Waals surface area contributed by atoms with Crippen molar-refractivity contribution >= 4 is 145 Å². The molecule has 6 N–H and O–H groups in total. The van der Waals surface area contributed by atoms with Crippen molar-refractivity contribution < 1.29 is 206 Å². The van der Waals surface area contributed by atoms with E-state index in [-0.39, 0.29) is 66.7 Å². The number of H-pyrrole nitrogens is 6. The Morgan fingerprint density at radius 2 is 0.555 bits per heavy atom. The number of aromatic nitrogens is 6. The molecule has 0 aliphatic rings. The number of alkyl halides is 36. The number of Topliss-reactive ketones (excluding diaryl/α,β-unsaturated/α-hetero) is 6. The van der Waals surface area contributed by atoms with Crippen molar-refractivity contribution in [2.75, 3.05) is 20.8 Å². The summed E-state index contributed by atoms with van der Waals surface area (Å²) in [4.78, 5) is 91.8. The predicted octanol–water partition coefficient (Wildman–Crippen LogP) is 28.7. The Bertz CT molecular complexity index is 6750. The fourth-order valence-electron chi connectivity index (χ4n) is 13.5. The number of aromatic amines is 6. The summed E-state index contributed by atoms with van der Waals surface area (Å²) in [5, 5.41) is -2.80. The van der Waals surface area contributed by atoms with E-state index in [0.717, 1.165) is 56.7 Å². The van der Waals surface area contributed by atoms with Gasteiger partial charge in [-0.15, -0.1) is 0 Å². The van der Waals surface area contributed by atoms with Crippen LogP contribution < -0.4 is 9.47 Å². The van der Waals surface area contributed by atoms with E-state index in [4.69, 9.17) is 9.47 Å². The minimum atomic E-state index is -5.51. The molecule has 54 heteroatoms. The largest absolute Gasteiger partial charge is 0.495 e. The zero-order chi connectivity index (χ0) is 104. The third-order valence-electron chi connectivity index (χ3n) is 18.8. The smallest absolute Gasteiger partial charge is 0.454 e. The van der Waals surface area contributed by atoms with Crippen molar-refractivity contribution in [2.24, 2.45) is 0 Å². The van der Waals surface area contributed by atoms with E-state index in [1.165, 1.54) is 65.8 Å². The van der Waals surface area contributed by atoms with Gasteiger partial charge in [0, 0.05) is 45.9 Å². The molecule has 137 heavy (non-hydrogen) atoms. The van der Waals surface area contributed by atoms with Crippen LogP contribution in [0.2, 0.25) is 0 Å². The van der Waals surface area contributed by atoms with Gasteiger partial charge in [-0.1, -0.05) is 30.3 Å². The van der Waals surface area contributed by atoms with Crippen molar-refractivity contribution in [3.63, 3.8) is 0 Å². The minimum Gasteiger partial charge on any atom is -0.495 e. The van der Waals surface area contributed by atoms with Gasteiger partial charge >= 0.3 is 80.1 Å². The number of benzene rings is 7. The summed E-state index contributed by atoms with van der Waals surface area (Å²) in [6.07, 6.45) is -63.5. The molecule has 0 saturated heterocycles. The number of halogens is 38. The average molecular weight is 2180 g/mol. The molecule has 7 aromatic carbocycles. The molecular weight excluding hydrogens is 2130 g/mol. The number of ether oxygens (including phenoxy) is 3. The number of rotatable bonds is 11. The molecule has 13 rings (SSSR count).